The molecule has 0 radical (unpaired) electrons. The zero-order valence-corrected chi connectivity index (χ0v) is 32.6. The third-order valence-corrected chi connectivity index (χ3v) is 8.92. The van der Waals surface area contributed by atoms with Gasteiger partial charge in [-0.05, 0) is 70.6 Å². The van der Waals surface area contributed by atoms with Gasteiger partial charge in [0.15, 0.2) is 0 Å². The maximum absolute atomic E-state index is 12.4. The molecule has 0 aliphatic carbocycles. The van der Waals surface area contributed by atoms with Crippen LogP contribution in [0.1, 0.15) is 181 Å². The minimum absolute atomic E-state index is 0.0561. The Morgan fingerprint density at radius 2 is 0.880 bits per heavy atom. The monoisotopic (exact) mass is 694 g/mol. The average molecular weight is 694 g/mol. The predicted octanol–water partition coefficient (Wildman–Crippen LogP) is 12.9. The number of unbranched alkanes of at least 4 members (excludes halogenated alkanes) is 15. The van der Waals surface area contributed by atoms with Gasteiger partial charge in [-0.2, -0.15) is 0 Å². The summed E-state index contributed by atoms with van der Waals surface area (Å²) >= 11 is 0. The Bertz CT molecular complexity index is 926. The largest absolute Gasteiger partial charge is 0.394 e. The van der Waals surface area contributed by atoms with Gasteiger partial charge in [-0.15, -0.1) is 0 Å². The maximum Gasteiger partial charge on any atom is 0.220 e. The van der Waals surface area contributed by atoms with E-state index < -0.39 is 12.1 Å². The van der Waals surface area contributed by atoms with E-state index in [2.05, 4.69) is 104 Å². The van der Waals surface area contributed by atoms with E-state index in [9.17, 15) is 15.0 Å². The number of carbonyl (C=O) groups excluding carboxylic acids is 1. The van der Waals surface area contributed by atoms with Gasteiger partial charge in [-0.1, -0.05) is 189 Å². The molecule has 0 fully saturated rings. The second kappa shape index (κ2) is 41.0. The van der Waals surface area contributed by atoms with E-state index in [-0.39, 0.29) is 12.5 Å². The molecule has 0 spiro atoms. The molecule has 50 heavy (non-hydrogen) atoms. The van der Waals surface area contributed by atoms with Crippen molar-refractivity contribution in [3.8, 4) is 0 Å². The molecule has 0 rings (SSSR count). The number of hydrogen-bond acceptors (Lipinski definition) is 3. The molecule has 0 bridgehead atoms. The second-order valence-corrected chi connectivity index (χ2v) is 13.7. The van der Waals surface area contributed by atoms with Gasteiger partial charge in [-0.25, -0.2) is 0 Å². The van der Waals surface area contributed by atoms with E-state index in [1.807, 2.05) is 0 Å². The molecule has 2 atom stereocenters. The van der Waals surface area contributed by atoms with Crippen LogP contribution in [0.2, 0.25) is 0 Å². The molecule has 0 aliphatic heterocycles. The first kappa shape index (κ1) is 47.6. The second-order valence-electron chi connectivity index (χ2n) is 13.7. The van der Waals surface area contributed by atoms with E-state index in [4.69, 9.17) is 0 Å². The molecule has 2 unspecified atom stereocenters. The number of allylic oxidation sites excluding steroid dienone is 14. The molecule has 4 heteroatoms. The molecule has 0 heterocycles. The Morgan fingerprint density at radius 3 is 1.32 bits per heavy atom. The Hall–Kier alpha value is -2.43. The standard InChI is InChI=1S/C46H79NO3/c1-3-5-7-9-11-13-15-16-17-18-19-20-21-22-23-24-25-26-27-28-29-30-32-34-36-38-40-42-46(50)47-44(43-48)45(49)41-39-37-35-33-31-14-12-10-8-6-4-2/h5,7,11,13,16-17,19-20,22-23,25-26,28-29,44-45,48-49H,3-4,6,8-10,12,14-15,18,21,24,27,30-43H2,1-2H3,(H,47,50)/b7-5-,13-11-,17-16-,20-19-,23-22-,26-25-,29-28-. The van der Waals surface area contributed by atoms with Gasteiger partial charge < -0.3 is 15.5 Å². The summed E-state index contributed by atoms with van der Waals surface area (Å²) < 4.78 is 0. The average Bonchev–Trinajstić information content (AvgIpc) is 3.12. The lowest BCUT2D eigenvalue weighted by molar-refractivity contribution is -0.123. The first-order valence-corrected chi connectivity index (χ1v) is 20.8. The lowest BCUT2D eigenvalue weighted by Gasteiger charge is -2.22. The lowest BCUT2D eigenvalue weighted by Crippen LogP contribution is -2.45. The molecule has 1 amide bonds. The van der Waals surface area contributed by atoms with E-state index in [1.54, 1.807) is 0 Å². The van der Waals surface area contributed by atoms with Crippen LogP contribution in [-0.4, -0.2) is 34.9 Å². The summed E-state index contributed by atoms with van der Waals surface area (Å²) in [5, 5.41) is 23.0. The van der Waals surface area contributed by atoms with Gasteiger partial charge in [0, 0.05) is 6.42 Å². The van der Waals surface area contributed by atoms with Gasteiger partial charge in [0.1, 0.15) is 0 Å². The minimum Gasteiger partial charge on any atom is -0.394 e. The van der Waals surface area contributed by atoms with Crippen molar-refractivity contribution in [2.24, 2.45) is 0 Å². The van der Waals surface area contributed by atoms with Crippen LogP contribution >= 0.6 is 0 Å². The van der Waals surface area contributed by atoms with Gasteiger partial charge in [-0.3, -0.25) is 4.79 Å². The summed E-state index contributed by atoms with van der Waals surface area (Å²) in [5.41, 5.74) is 0. The molecule has 0 saturated heterocycles. The summed E-state index contributed by atoms with van der Waals surface area (Å²) in [6.07, 6.45) is 59.3. The third-order valence-electron chi connectivity index (χ3n) is 8.92. The van der Waals surface area contributed by atoms with Crippen LogP contribution < -0.4 is 5.32 Å². The number of rotatable bonds is 36. The highest BCUT2D eigenvalue weighted by molar-refractivity contribution is 5.76. The number of aliphatic hydroxyl groups excluding tert-OH is 2. The van der Waals surface area contributed by atoms with Crippen molar-refractivity contribution in [2.75, 3.05) is 6.61 Å². The molecule has 0 aromatic carbocycles. The Kier molecular flexibility index (Phi) is 39.0. The van der Waals surface area contributed by atoms with Crippen molar-refractivity contribution in [2.45, 2.75) is 193 Å². The topological polar surface area (TPSA) is 69.6 Å². The van der Waals surface area contributed by atoms with Crippen LogP contribution in [0.3, 0.4) is 0 Å². The number of aliphatic hydroxyl groups is 2. The van der Waals surface area contributed by atoms with Crippen LogP contribution in [-0.2, 0) is 4.79 Å². The molecular formula is C46H79NO3. The fourth-order valence-electron chi connectivity index (χ4n) is 5.75. The highest BCUT2D eigenvalue weighted by atomic mass is 16.3. The summed E-state index contributed by atoms with van der Waals surface area (Å²) in [7, 11) is 0. The molecule has 0 aromatic heterocycles. The van der Waals surface area contributed by atoms with Crippen LogP contribution in [0.4, 0.5) is 0 Å². The minimum atomic E-state index is -0.671. The van der Waals surface area contributed by atoms with Gasteiger partial charge in [0.25, 0.3) is 0 Å². The molecule has 0 aliphatic rings. The van der Waals surface area contributed by atoms with Crippen molar-refractivity contribution in [3.63, 3.8) is 0 Å². The van der Waals surface area contributed by atoms with Crippen molar-refractivity contribution in [1.29, 1.82) is 0 Å². The van der Waals surface area contributed by atoms with Crippen molar-refractivity contribution in [1.82, 2.24) is 5.32 Å². The summed E-state index contributed by atoms with van der Waals surface area (Å²) in [5.74, 6) is -0.0561. The Morgan fingerprint density at radius 1 is 0.500 bits per heavy atom. The van der Waals surface area contributed by atoms with Crippen molar-refractivity contribution >= 4 is 5.91 Å². The van der Waals surface area contributed by atoms with Gasteiger partial charge in [0.2, 0.25) is 5.91 Å². The molecule has 3 N–H and O–H groups in total. The molecule has 4 nitrogen and oxygen atoms in total. The SMILES string of the molecule is CC/C=C\C/C=C\C/C=C\C/C=C\C/C=C\C/C=C\C/C=C\CCCCCCCC(=O)NC(CO)C(O)CCCCCCCCCCCCC. The molecular weight excluding hydrogens is 615 g/mol. The number of nitrogens with one attached hydrogen (secondary N) is 1. The first-order chi connectivity index (χ1) is 24.7. The Labute approximate surface area is 310 Å². The summed E-state index contributed by atoms with van der Waals surface area (Å²) in [4.78, 5) is 12.4. The van der Waals surface area contributed by atoms with Gasteiger partial charge >= 0.3 is 0 Å². The van der Waals surface area contributed by atoms with E-state index in [1.165, 1.54) is 70.6 Å². The zero-order valence-electron chi connectivity index (χ0n) is 32.6. The summed E-state index contributed by atoms with van der Waals surface area (Å²) in [6.45, 7) is 4.21. The Balaban J connectivity index is 3.66. The molecule has 286 valence electrons. The number of amides is 1. The van der Waals surface area contributed by atoms with E-state index in [0.29, 0.717) is 12.8 Å². The maximum atomic E-state index is 12.4. The lowest BCUT2D eigenvalue weighted by atomic mass is 10.0. The van der Waals surface area contributed by atoms with Crippen LogP contribution in [0.25, 0.3) is 0 Å². The highest BCUT2D eigenvalue weighted by Gasteiger charge is 2.19. The number of hydrogen-bond donors (Lipinski definition) is 3. The quantitative estimate of drug-likeness (QED) is 0.0452. The van der Waals surface area contributed by atoms with E-state index >= 15 is 0 Å². The molecule has 0 saturated carbocycles. The van der Waals surface area contributed by atoms with E-state index in [0.717, 1.165) is 83.5 Å². The summed E-state index contributed by atoms with van der Waals surface area (Å²) in [6, 6.07) is -0.551. The van der Waals surface area contributed by atoms with Crippen LogP contribution in [0, 0.1) is 0 Å². The molecule has 0 aromatic rings. The van der Waals surface area contributed by atoms with Gasteiger partial charge in [0.05, 0.1) is 18.8 Å². The number of carbonyl (C=O) groups is 1. The fraction of sp³-hybridized carbons (Fsp3) is 0.674. The van der Waals surface area contributed by atoms with Crippen molar-refractivity contribution in [3.05, 3.63) is 85.1 Å². The predicted molar refractivity (Wildman–Crippen MR) is 220 cm³/mol. The zero-order chi connectivity index (χ0) is 36.4. The normalized spacial score (nSPS) is 13.9. The van der Waals surface area contributed by atoms with Crippen molar-refractivity contribution < 1.29 is 15.0 Å². The fourth-order valence-corrected chi connectivity index (χ4v) is 5.75. The smallest absolute Gasteiger partial charge is 0.220 e. The third kappa shape index (κ3) is 36.8. The highest BCUT2D eigenvalue weighted by Crippen LogP contribution is 2.14. The van der Waals surface area contributed by atoms with Crippen LogP contribution in [0.15, 0.2) is 85.1 Å². The first-order valence-electron chi connectivity index (χ1n) is 20.8. The van der Waals surface area contributed by atoms with Crippen LogP contribution in [0.5, 0.6) is 0 Å².